The second-order valence-electron chi connectivity index (χ2n) is 3.51. The van der Waals surface area contributed by atoms with E-state index in [2.05, 4.69) is 0 Å². The number of carboxylic acid groups (broad SMARTS) is 1. The van der Waals surface area contributed by atoms with Gasteiger partial charge in [0.05, 0.1) is 5.56 Å². The van der Waals surface area contributed by atoms with Gasteiger partial charge in [-0.25, -0.2) is 4.79 Å². The van der Waals surface area contributed by atoms with Crippen molar-refractivity contribution in [3.63, 3.8) is 0 Å². The first-order valence-corrected chi connectivity index (χ1v) is 4.54. The third kappa shape index (κ3) is 1.64. The number of phenolic OH excluding ortho intramolecular Hbond substituents is 1. The molecule has 0 amide bonds. The minimum Gasteiger partial charge on any atom is -0.508 e. The van der Waals surface area contributed by atoms with Crippen LogP contribution in [0.1, 0.15) is 15.9 Å². The summed E-state index contributed by atoms with van der Waals surface area (Å²) < 4.78 is 0. The Balaban J connectivity index is 2.72. The highest BCUT2D eigenvalue weighted by molar-refractivity contribution is 5.95. The smallest absolute Gasteiger partial charge is 0.335 e. The van der Waals surface area contributed by atoms with Crippen LogP contribution in [0.2, 0.25) is 0 Å². The van der Waals surface area contributed by atoms with Crippen LogP contribution in [0, 0.1) is 6.92 Å². The molecule has 0 aliphatic rings. The molecule has 3 nitrogen and oxygen atoms in total. The second kappa shape index (κ2) is 3.28. The highest BCUT2D eigenvalue weighted by Gasteiger charge is 2.05. The van der Waals surface area contributed by atoms with Crippen LogP contribution in [0.5, 0.6) is 5.75 Å². The van der Waals surface area contributed by atoms with E-state index in [4.69, 9.17) is 5.11 Å². The molecule has 2 aromatic rings. The predicted octanol–water partition coefficient (Wildman–Crippen LogP) is 2.55. The minimum absolute atomic E-state index is 0.227. The summed E-state index contributed by atoms with van der Waals surface area (Å²) >= 11 is 0. The molecule has 0 aliphatic heterocycles. The van der Waals surface area contributed by atoms with E-state index >= 15 is 0 Å². The van der Waals surface area contributed by atoms with Crippen molar-refractivity contribution < 1.29 is 15.0 Å². The van der Waals surface area contributed by atoms with E-state index in [0.29, 0.717) is 0 Å². The molecule has 0 aromatic heterocycles. The quantitative estimate of drug-likeness (QED) is 0.747. The lowest BCUT2D eigenvalue weighted by Gasteiger charge is -2.03. The number of carboxylic acids is 1. The van der Waals surface area contributed by atoms with Crippen LogP contribution < -0.4 is 0 Å². The Morgan fingerprint density at radius 2 is 1.87 bits per heavy atom. The zero-order valence-electron chi connectivity index (χ0n) is 8.19. The van der Waals surface area contributed by atoms with Crippen molar-refractivity contribution in [1.82, 2.24) is 0 Å². The number of hydrogen-bond donors (Lipinski definition) is 2. The first-order valence-electron chi connectivity index (χ1n) is 4.54. The maximum Gasteiger partial charge on any atom is 0.335 e. The number of benzene rings is 2. The van der Waals surface area contributed by atoms with Gasteiger partial charge in [0.25, 0.3) is 0 Å². The van der Waals surface area contributed by atoms with Crippen LogP contribution >= 0.6 is 0 Å². The van der Waals surface area contributed by atoms with E-state index in [0.717, 1.165) is 16.3 Å². The molecule has 15 heavy (non-hydrogen) atoms. The first kappa shape index (κ1) is 9.52. The van der Waals surface area contributed by atoms with Gasteiger partial charge in [0.2, 0.25) is 0 Å². The standard InChI is InChI=1S/C12H10O3/c1-7-4-10-5-9(12(14)15)3-2-8(10)6-11(7)13/h2-6,13H,1H3,(H,14,15). The first-order chi connectivity index (χ1) is 7.08. The molecule has 0 fully saturated rings. The van der Waals surface area contributed by atoms with Gasteiger partial charge in [-0.3, -0.25) is 0 Å². The van der Waals surface area contributed by atoms with Gasteiger partial charge in [0, 0.05) is 0 Å². The molecule has 2 N–H and O–H groups in total. The summed E-state index contributed by atoms with van der Waals surface area (Å²) in [4.78, 5) is 10.7. The summed E-state index contributed by atoms with van der Waals surface area (Å²) in [6.07, 6.45) is 0. The molecule has 0 atom stereocenters. The lowest BCUT2D eigenvalue weighted by Crippen LogP contribution is -1.95. The third-order valence-electron chi connectivity index (χ3n) is 2.40. The van der Waals surface area contributed by atoms with E-state index in [-0.39, 0.29) is 11.3 Å². The molecular formula is C12H10O3. The second-order valence-corrected chi connectivity index (χ2v) is 3.51. The van der Waals surface area contributed by atoms with E-state index in [9.17, 15) is 9.90 Å². The highest BCUT2D eigenvalue weighted by Crippen LogP contribution is 2.25. The van der Waals surface area contributed by atoms with Crippen LogP contribution in [-0.4, -0.2) is 16.2 Å². The molecule has 3 heteroatoms. The summed E-state index contributed by atoms with van der Waals surface area (Å²) in [6.45, 7) is 1.78. The summed E-state index contributed by atoms with van der Waals surface area (Å²) in [5, 5.41) is 20.0. The van der Waals surface area contributed by atoms with E-state index in [1.807, 2.05) is 0 Å². The van der Waals surface area contributed by atoms with Crippen molar-refractivity contribution in [3.8, 4) is 5.75 Å². The Hall–Kier alpha value is -2.03. The molecule has 0 aliphatic carbocycles. The van der Waals surface area contributed by atoms with Crippen LogP contribution in [-0.2, 0) is 0 Å². The number of aryl methyl sites for hydroxylation is 1. The average molecular weight is 202 g/mol. The van der Waals surface area contributed by atoms with Crippen molar-refractivity contribution in [3.05, 3.63) is 41.5 Å². The molecule has 0 spiro atoms. The average Bonchev–Trinajstić information content (AvgIpc) is 2.19. The number of carbonyl (C=O) groups is 1. The largest absolute Gasteiger partial charge is 0.508 e. The highest BCUT2D eigenvalue weighted by atomic mass is 16.4. The third-order valence-corrected chi connectivity index (χ3v) is 2.40. The van der Waals surface area contributed by atoms with Crippen molar-refractivity contribution >= 4 is 16.7 Å². The van der Waals surface area contributed by atoms with E-state index in [1.165, 1.54) is 6.07 Å². The maximum absolute atomic E-state index is 10.7. The molecule has 0 bridgehead atoms. The van der Waals surface area contributed by atoms with Gasteiger partial charge in [0.1, 0.15) is 5.75 Å². The molecule has 0 unspecified atom stereocenters. The Bertz CT molecular complexity index is 544. The Morgan fingerprint density at radius 1 is 1.13 bits per heavy atom. The maximum atomic E-state index is 10.7. The number of phenols is 1. The molecule has 0 radical (unpaired) electrons. The van der Waals surface area contributed by atoms with Gasteiger partial charge in [-0.2, -0.15) is 0 Å². The summed E-state index contributed by atoms with van der Waals surface area (Å²) in [7, 11) is 0. The molecule has 2 aromatic carbocycles. The van der Waals surface area contributed by atoms with Crippen molar-refractivity contribution in [1.29, 1.82) is 0 Å². The van der Waals surface area contributed by atoms with Gasteiger partial charge in [0.15, 0.2) is 0 Å². The number of aromatic hydroxyl groups is 1. The predicted molar refractivity (Wildman–Crippen MR) is 57.3 cm³/mol. The van der Waals surface area contributed by atoms with Crippen LogP contribution in [0.3, 0.4) is 0 Å². The van der Waals surface area contributed by atoms with Crippen LogP contribution in [0.15, 0.2) is 30.3 Å². The molecule has 76 valence electrons. The number of fused-ring (bicyclic) bond motifs is 1. The topological polar surface area (TPSA) is 57.5 Å². The van der Waals surface area contributed by atoms with Crippen molar-refractivity contribution in [2.24, 2.45) is 0 Å². The summed E-state index contributed by atoms with van der Waals surface area (Å²) in [5.41, 5.74) is 0.998. The zero-order chi connectivity index (χ0) is 11.0. The van der Waals surface area contributed by atoms with Gasteiger partial charge in [-0.1, -0.05) is 6.07 Å². The fourth-order valence-corrected chi connectivity index (χ4v) is 1.53. The SMILES string of the molecule is Cc1cc2cc(C(=O)O)ccc2cc1O. The Morgan fingerprint density at radius 3 is 2.53 bits per heavy atom. The Kier molecular flexibility index (Phi) is 2.08. The molecular weight excluding hydrogens is 192 g/mol. The van der Waals surface area contributed by atoms with Crippen LogP contribution in [0.4, 0.5) is 0 Å². The van der Waals surface area contributed by atoms with E-state index in [1.54, 1.807) is 31.2 Å². The van der Waals surface area contributed by atoms with Crippen molar-refractivity contribution in [2.75, 3.05) is 0 Å². The molecule has 0 heterocycles. The zero-order valence-corrected chi connectivity index (χ0v) is 8.19. The number of rotatable bonds is 1. The molecule has 0 saturated heterocycles. The van der Waals surface area contributed by atoms with Gasteiger partial charge < -0.3 is 10.2 Å². The minimum atomic E-state index is -0.942. The molecule has 2 rings (SSSR count). The lowest BCUT2D eigenvalue weighted by molar-refractivity contribution is 0.0697. The Labute approximate surface area is 86.6 Å². The fourth-order valence-electron chi connectivity index (χ4n) is 1.53. The monoisotopic (exact) mass is 202 g/mol. The normalized spacial score (nSPS) is 10.5. The van der Waals surface area contributed by atoms with Gasteiger partial charge >= 0.3 is 5.97 Å². The van der Waals surface area contributed by atoms with Crippen LogP contribution in [0.25, 0.3) is 10.8 Å². The van der Waals surface area contributed by atoms with E-state index < -0.39 is 5.97 Å². The lowest BCUT2D eigenvalue weighted by atomic mass is 10.0. The van der Waals surface area contributed by atoms with Crippen molar-refractivity contribution in [2.45, 2.75) is 6.92 Å². The van der Waals surface area contributed by atoms with Gasteiger partial charge in [-0.05, 0) is 47.5 Å². The fraction of sp³-hybridized carbons (Fsp3) is 0.0833. The summed E-state index contributed by atoms with van der Waals surface area (Å²) in [6, 6.07) is 8.23. The number of hydrogen-bond acceptors (Lipinski definition) is 2. The van der Waals surface area contributed by atoms with Gasteiger partial charge in [-0.15, -0.1) is 0 Å². The number of aromatic carboxylic acids is 1. The summed E-state index contributed by atoms with van der Waals surface area (Å²) in [5.74, 6) is -0.715. The molecule has 0 saturated carbocycles.